The van der Waals surface area contributed by atoms with E-state index in [0.717, 1.165) is 0 Å². The van der Waals surface area contributed by atoms with Crippen molar-refractivity contribution in [2.75, 3.05) is 0 Å². The van der Waals surface area contributed by atoms with E-state index in [0.29, 0.717) is 0 Å². The third kappa shape index (κ3) is 8.84. The summed E-state index contributed by atoms with van der Waals surface area (Å²) >= 11 is 16.5. The van der Waals surface area contributed by atoms with E-state index in [1.54, 1.807) is 0 Å². The Kier molecular flexibility index (Phi) is 8.29. The number of alkyl halides is 12. The van der Waals surface area contributed by atoms with Crippen molar-refractivity contribution in [2.45, 2.75) is 21.5 Å². The molecule has 0 heterocycles. The van der Waals surface area contributed by atoms with Crippen LogP contribution in [0.2, 0.25) is 0 Å². The highest BCUT2D eigenvalue weighted by molar-refractivity contribution is 6.63. The first kappa shape index (κ1) is 27.5. The van der Waals surface area contributed by atoms with Crippen molar-refractivity contribution in [3.8, 4) is 0 Å². The van der Waals surface area contributed by atoms with Gasteiger partial charge in [-0.3, -0.25) is 0 Å². The average Bonchev–Trinajstić information content (AvgIpc) is 2.42. The molecule has 0 aromatic rings. The highest BCUT2D eigenvalue weighted by Crippen LogP contribution is 2.32. The van der Waals surface area contributed by atoms with Crippen LogP contribution in [-0.2, 0) is 37.8 Å². The van der Waals surface area contributed by atoms with E-state index >= 15 is 0 Å². The third-order valence-electron chi connectivity index (χ3n) is 1.93. The van der Waals surface area contributed by atoms with Gasteiger partial charge in [-0.1, -0.05) is 0 Å². The Morgan fingerprint density at radius 2 is 0.621 bits per heavy atom. The van der Waals surface area contributed by atoms with E-state index in [4.69, 9.17) is 0 Å². The van der Waals surface area contributed by atoms with Crippen LogP contribution in [-0.4, -0.2) is 52.4 Å². The Hall–Kier alpha value is -1.46. The minimum Gasteiger partial charge on any atom is -0.579 e. The zero-order chi connectivity index (χ0) is 23.6. The minimum absolute atomic E-state index is 3.24. The maximum absolute atomic E-state index is 12.7. The zero-order valence-electron chi connectivity index (χ0n) is 12.4. The molecule has 0 aromatic carbocycles. The molecule has 0 aromatic heterocycles. The highest BCUT2D eigenvalue weighted by Gasteiger charge is 2.59. The molecule has 0 aliphatic heterocycles. The number of carbonyl (C=O) groups excluding carboxylic acids is 4. The van der Waals surface area contributed by atoms with Gasteiger partial charge in [0.2, 0.25) is 0 Å². The lowest BCUT2D eigenvalue weighted by atomic mass is 10.0. The molecule has 0 rings (SSSR count). The summed E-state index contributed by atoms with van der Waals surface area (Å²) < 4.78 is 115. The van der Waals surface area contributed by atoms with Crippen LogP contribution in [0.1, 0.15) is 0 Å². The van der Waals surface area contributed by atoms with Crippen molar-refractivity contribution in [2.24, 2.45) is 0 Å². The summed E-state index contributed by atoms with van der Waals surface area (Å²) in [6, 6.07) is 0. The van der Waals surface area contributed by atoms with Crippen molar-refractivity contribution in [3.05, 3.63) is 0 Å². The lowest BCUT2D eigenvalue weighted by Crippen LogP contribution is -2.59. The Balaban J connectivity index is 6.42. The molecule has 0 saturated heterocycles. The van der Waals surface area contributed by atoms with E-state index in [1.807, 2.05) is 0 Å². The fourth-order valence-corrected chi connectivity index (χ4v) is 1.11. The summed E-state index contributed by atoms with van der Waals surface area (Å²) in [7, 11) is 0. The second-order valence-corrected chi connectivity index (χ2v) is 6.09. The van der Waals surface area contributed by atoms with Crippen LogP contribution in [0.5, 0.6) is 0 Å². The molecule has 0 atom stereocenters. The Morgan fingerprint density at radius 1 is 0.483 bits per heavy atom. The SMILES string of the molecule is O=C(O[B-](OC(=O)C(F)(F)Cl)(OC(=O)C(F)(F)Cl)OC(=O)C(F)(F)Cl)C(F)(F)Cl. The topological polar surface area (TPSA) is 105 Å². The number of carbonyl (C=O) groups is 4. The first-order chi connectivity index (χ1) is 12.5. The molecule has 8 nitrogen and oxygen atoms in total. The molecule has 0 N–H and O–H groups in total. The predicted molar refractivity (Wildman–Crippen MR) is 73.3 cm³/mol. The van der Waals surface area contributed by atoms with Crippen molar-refractivity contribution in [1.82, 2.24) is 0 Å². The smallest absolute Gasteiger partial charge is 0.579 e. The van der Waals surface area contributed by atoms with Crippen LogP contribution in [0, 0.1) is 0 Å². The summed E-state index contributed by atoms with van der Waals surface area (Å²) in [5.41, 5.74) is 0. The molecule has 0 aliphatic rings. The molecule has 0 bridgehead atoms. The van der Waals surface area contributed by atoms with Crippen LogP contribution in [0.15, 0.2) is 0 Å². The first-order valence-corrected chi connectivity index (χ1v) is 7.36. The molecule has 0 spiro atoms. The number of hydrogen-bond donors (Lipinski definition) is 0. The van der Waals surface area contributed by atoms with Gasteiger partial charge >= 0.3 is 52.4 Å². The standard InChI is InChI=1S/C8BCl4F8O8/c10-5(14,15)1(22)26-9(27-2(23)6(11,16)17,28-3(24)7(12,18)19)29-4(25)8(13,20)21/q-1. The predicted octanol–water partition coefficient (Wildman–Crippen LogP) is 2.92. The average molecular weight is 529 g/mol. The van der Waals surface area contributed by atoms with Crippen molar-refractivity contribution >= 4 is 77.2 Å². The van der Waals surface area contributed by atoms with Gasteiger partial charge in [0.05, 0.1) is 0 Å². The van der Waals surface area contributed by atoms with Crippen LogP contribution < -0.4 is 0 Å². The Morgan fingerprint density at radius 3 is 0.724 bits per heavy atom. The molecule has 0 radical (unpaired) electrons. The van der Waals surface area contributed by atoms with E-state index in [9.17, 15) is 54.3 Å². The van der Waals surface area contributed by atoms with Gasteiger partial charge in [-0.05, 0) is 46.4 Å². The molecule has 21 heteroatoms. The normalized spacial score (nSPS) is 13.4. The molecule has 0 aliphatic carbocycles. The number of hydrogen-bond acceptors (Lipinski definition) is 8. The van der Waals surface area contributed by atoms with Crippen LogP contribution in [0.4, 0.5) is 35.1 Å². The van der Waals surface area contributed by atoms with Gasteiger partial charge in [0, 0.05) is 0 Å². The molecular weight excluding hydrogens is 529 g/mol. The minimum atomic E-state index is -6.10. The van der Waals surface area contributed by atoms with Gasteiger partial charge in [0.25, 0.3) is 0 Å². The van der Waals surface area contributed by atoms with Crippen LogP contribution >= 0.6 is 46.4 Å². The van der Waals surface area contributed by atoms with Crippen LogP contribution in [0.3, 0.4) is 0 Å². The van der Waals surface area contributed by atoms with E-state index < -0.39 is 52.4 Å². The summed E-state index contributed by atoms with van der Waals surface area (Å²) in [4.78, 5) is 44.2. The zero-order valence-corrected chi connectivity index (χ0v) is 15.4. The quantitative estimate of drug-likeness (QED) is 0.269. The third-order valence-corrected chi connectivity index (χ3v) is 2.55. The first-order valence-electron chi connectivity index (χ1n) is 5.84. The second kappa shape index (κ2) is 8.73. The molecule has 168 valence electrons. The van der Waals surface area contributed by atoms with Crippen molar-refractivity contribution < 1.29 is 72.9 Å². The number of halogens is 12. The van der Waals surface area contributed by atoms with E-state index in [-0.39, 0.29) is 0 Å². The van der Waals surface area contributed by atoms with Crippen molar-refractivity contribution in [3.63, 3.8) is 0 Å². The van der Waals surface area contributed by atoms with Gasteiger partial charge in [-0.25, -0.2) is 19.2 Å². The Labute approximate surface area is 172 Å². The summed E-state index contributed by atoms with van der Waals surface area (Å²) in [6.45, 7) is -6.10. The molecule has 0 unspecified atom stereocenters. The summed E-state index contributed by atoms with van der Waals surface area (Å²) in [5.74, 6) is -13.2. The monoisotopic (exact) mass is 527 g/mol. The molecule has 0 fully saturated rings. The summed E-state index contributed by atoms with van der Waals surface area (Å²) in [6.07, 6.45) is 0. The lowest BCUT2D eigenvalue weighted by Gasteiger charge is -2.39. The van der Waals surface area contributed by atoms with E-state index in [2.05, 4.69) is 65.0 Å². The molecule has 0 saturated carbocycles. The highest BCUT2D eigenvalue weighted by atomic mass is 35.5. The lowest BCUT2D eigenvalue weighted by molar-refractivity contribution is -0.183. The van der Waals surface area contributed by atoms with Gasteiger partial charge in [-0.2, -0.15) is 35.1 Å². The maximum Gasteiger partial charge on any atom is 0.785 e. The van der Waals surface area contributed by atoms with Gasteiger partial charge < -0.3 is 18.6 Å². The number of rotatable bonds is 8. The van der Waals surface area contributed by atoms with E-state index in [1.165, 1.54) is 0 Å². The van der Waals surface area contributed by atoms with Gasteiger partial charge in [0.1, 0.15) is 0 Å². The van der Waals surface area contributed by atoms with Crippen LogP contribution in [0.25, 0.3) is 0 Å². The largest absolute Gasteiger partial charge is 0.785 e. The molecule has 29 heavy (non-hydrogen) atoms. The van der Waals surface area contributed by atoms with Gasteiger partial charge in [-0.15, -0.1) is 0 Å². The van der Waals surface area contributed by atoms with Gasteiger partial charge in [0.15, 0.2) is 0 Å². The Bertz CT molecular complexity index is 567. The maximum atomic E-state index is 12.7. The molecular formula is C8BCl4F8O8-. The van der Waals surface area contributed by atoms with Crippen molar-refractivity contribution in [1.29, 1.82) is 0 Å². The fraction of sp³-hybridized carbons (Fsp3) is 0.500. The second-order valence-electron chi connectivity index (χ2n) is 4.19. The fourth-order valence-electron chi connectivity index (χ4n) is 0.936. The molecule has 0 amide bonds. The summed E-state index contributed by atoms with van der Waals surface area (Å²) in [5, 5.41) is -21.0.